The van der Waals surface area contributed by atoms with Crippen LogP contribution >= 0.6 is 11.6 Å². The SMILES string of the molecule is CS(=O)(=O)N(CC(=O)NCCOc1ccc(F)cc1)c1ccccc1Cl. The molecule has 0 bridgehead atoms. The maximum atomic E-state index is 12.8. The van der Waals surface area contributed by atoms with Gasteiger partial charge in [0, 0.05) is 0 Å². The Morgan fingerprint density at radius 3 is 2.46 bits per heavy atom. The van der Waals surface area contributed by atoms with Gasteiger partial charge in [-0.25, -0.2) is 12.8 Å². The van der Waals surface area contributed by atoms with Crippen LogP contribution in [0, 0.1) is 5.82 Å². The molecule has 0 spiro atoms. The van der Waals surface area contributed by atoms with E-state index in [-0.39, 0.29) is 29.7 Å². The zero-order valence-corrected chi connectivity index (χ0v) is 15.6. The average Bonchev–Trinajstić information content (AvgIpc) is 2.58. The maximum absolute atomic E-state index is 12.8. The lowest BCUT2D eigenvalue weighted by molar-refractivity contribution is -0.119. The van der Waals surface area contributed by atoms with Gasteiger partial charge in [-0.3, -0.25) is 9.10 Å². The minimum atomic E-state index is -3.69. The second-order valence-corrected chi connectivity index (χ2v) is 7.69. The number of ether oxygens (including phenoxy) is 1. The number of sulfonamides is 1. The van der Waals surface area contributed by atoms with Crippen LogP contribution in [0.1, 0.15) is 0 Å². The Labute approximate surface area is 156 Å². The van der Waals surface area contributed by atoms with Crippen molar-refractivity contribution in [2.45, 2.75) is 0 Å². The lowest BCUT2D eigenvalue weighted by atomic mass is 10.3. The fourth-order valence-corrected chi connectivity index (χ4v) is 3.27. The molecule has 0 unspecified atom stereocenters. The Morgan fingerprint density at radius 2 is 1.85 bits per heavy atom. The largest absolute Gasteiger partial charge is 0.492 e. The van der Waals surface area contributed by atoms with Crippen LogP contribution in [-0.2, 0) is 14.8 Å². The number of amides is 1. The van der Waals surface area contributed by atoms with E-state index in [0.717, 1.165) is 10.6 Å². The molecular weight excluding hydrogens is 383 g/mol. The third-order valence-electron chi connectivity index (χ3n) is 3.32. The molecule has 0 fully saturated rings. The molecule has 9 heteroatoms. The summed E-state index contributed by atoms with van der Waals surface area (Å²) in [7, 11) is -3.69. The Hall–Kier alpha value is -2.32. The highest BCUT2D eigenvalue weighted by molar-refractivity contribution is 7.92. The molecule has 0 aliphatic carbocycles. The van der Waals surface area contributed by atoms with E-state index >= 15 is 0 Å². The molecule has 0 saturated carbocycles. The molecule has 2 rings (SSSR count). The number of anilines is 1. The molecule has 2 aromatic rings. The zero-order valence-electron chi connectivity index (χ0n) is 14.0. The van der Waals surface area contributed by atoms with Gasteiger partial charge in [0.15, 0.2) is 0 Å². The van der Waals surface area contributed by atoms with Crippen molar-refractivity contribution >= 4 is 33.2 Å². The Bertz CT molecular complexity index is 859. The number of nitrogens with one attached hydrogen (secondary N) is 1. The molecule has 1 amide bonds. The molecule has 26 heavy (non-hydrogen) atoms. The van der Waals surface area contributed by atoms with E-state index in [9.17, 15) is 17.6 Å². The second kappa shape index (κ2) is 8.86. The van der Waals surface area contributed by atoms with E-state index in [1.807, 2.05) is 0 Å². The van der Waals surface area contributed by atoms with E-state index in [2.05, 4.69) is 5.32 Å². The number of nitrogens with zero attached hydrogens (tertiary/aromatic N) is 1. The maximum Gasteiger partial charge on any atom is 0.240 e. The monoisotopic (exact) mass is 400 g/mol. The summed E-state index contributed by atoms with van der Waals surface area (Å²) in [6.45, 7) is -0.0855. The molecule has 2 aromatic carbocycles. The second-order valence-electron chi connectivity index (χ2n) is 5.37. The van der Waals surface area contributed by atoms with Crippen LogP contribution in [0.5, 0.6) is 5.75 Å². The van der Waals surface area contributed by atoms with Crippen LogP contribution < -0.4 is 14.4 Å². The molecule has 0 heterocycles. The minimum absolute atomic E-state index is 0.155. The predicted octanol–water partition coefficient (Wildman–Crippen LogP) is 2.44. The third-order valence-corrected chi connectivity index (χ3v) is 4.76. The number of hydrogen-bond donors (Lipinski definition) is 1. The molecule has 0 aromatic heterocycles. The molecule has 0 aliphatic heterocycles. The van der Waals surface area contributed by atoms with Gasteiger partial charge in [-0.05, 0) is 36.4 Å². The summed E-state index contributed by atoms with van der Waals surface area (Å²) in [5, 5.41) is 2.80. The van der Waals surface area contributed by atoms with Gasteiger partial charge in [-0.1, -0.05) is 23.7 Å². The molecule has 140 valence electrons. The number of hydrogen-bond acceptors (Lipinski definition) is 4. The smallest absolute Gasteiger partial charge is 0.240 e. The number of carbonyl (C=O) groups is 1. The van der Waals surface area contributed by atoms with Crippen molar-refractivity contribution < 1.29 is 22.3 Å². The van der Waals surface area contributed by atoms with E-state index in [1.54, 1.807) is 18.2 Å². The molecule has 6 nitrogen and oxygen atoms in total. The van der Waals surface area contributed by atoms with Crippen LogP contribution in [0.15, 0.2) is 48.5 Å². The molecule has 0 atom stereocenters. The summed E-state index contributed by atoms with van der Waals surface area (Å²) in [5.74, 6) is -0.404. The highest BCUT2D eigenvalue weighted by Gasteiger charge is 2.22. The topological polar surface area (TPSA) is 75.7 Å². The Morgan fingerprint density at radius 1 is 1.19 bits per heavy atom. The van der Waals surface area contributed by atoms with Crippen LogP contribution in [0.3, 0.4) is 0 Å². The Balaban J connectivity index is 1.89. The van der Waals surface area contributed by atoms with Gasteiger partial charge in [-0.15, -0.1) is 0 Å². The predicted molar refractivity (Wildman–Crippen MR) is 98.5 cm³/mol. The summed E-state index contributed by atoms with van der Waals surface area (Å²) >= 11 is 6.03. The van der Waals surface area contributed by atoms with Crippen molar-refractivity contribution in [3.05, 3.63) is 59.4 Å². The molecule has 0 aliphatic rings. The molecular formula is C17H18ClFN2O4S. The molecule has 0 saturated heterocycles. The number of para-hydroxylation sites is 1. The average molecular weight is 401 g/mol. The van der Waals surface area contributed by atoms with Gasteiger partial charge in [0.2, 0.25) is 15.9 Å². The number of rotatable bonds is 8. The minimum Gasteiger partial charge on any atom is -0.492 e. The number of carbonyl (C=O) groups excluding carboxylic acids is 1. The lowest BCUT2D eigenvalue weighted by Gasteiger charge is -2.22. The fraction of sp³-hybridized carbons (Fsp3) is 0.235. The first-order valence-corrected chi connectivity index (χ1v) is 9.87. The van der Waals surface area contributed by atoms with Crippen molar-refractivity contribution in [1.82, 2.24) is 5.32 Å². The quantitative estimate of drug-likeness (QED) is 0.690. The van der Waals surface area contributed by atoms with Crippen molar-refractivity contribution in [3.8, 4) is 5.75 Å². The Kier molecular flexibility index (Phi) is 6.82. The fourth-order valence-electron chi connectivity index (χ4n) is 2.11. The summed E-state index contributed by atoms with van der Waals surface area (Å²) in [5.41, 5.74) is 0.231. The summed E-state index contributed by atoms with van der Waals surface area (Å²) < 4.78 is 43.1. The van der Waals surface area contributed by atoms with E-state index in [0.29, 0.717) is 5.75 Å². The first-order valence-electron chi connectivity index (χ1n) is 7.64. The standard InChI is InChI=1S/C17H18ClFN2O4S/c1-26(23,24)21(16-5-3-2-4-15(16)18)12-17(22)20-10-11-25-14-8-6-13(19)7-9-14/h2-9H,10-12H2,1H3,(H,20,22). The van der Waals surface area contributed by atoms with Crippen LogP contribution in [0.4, 0.5) is 10.1 Å². The van der Waals surface area contributed by atoms with Crippen molar-refractivity contribution in [1.29, 1.82) is 0 Å². The molecule has 1 N–H and O–H groups in total. The number of halogens is 2. The van der Waals surface area contributed by atoms with Crippen LogP contribution in [0.2, 0.25) is 5.02 Å². The van der Waals surface area contributed by atoms with Gasteiger partial charge < -0.3 is 10.1 Å². The summed E-state index contributed by atoms with van der Waals surface area (Å²) in [4.78, 5) is 12.1. The van der Waals surface area contributed by atoms with Gasteiger partial charge in [0.25, 0.3) is 0 Å². The summed E-state index contributed by atoms with van der Waals surface area (Å²) in [6, 6.07) is 11.8. The lowest BCUT2D eigenvalue weighted by Crippen LogP contribution is -2.41. The highest BCUT2D eigenvalue weighted by atomic mass is 35.5. The van der Waals surface area contributed by atoms with Crippen LogP contribution in [0.25, 0.3) is 0 Å². The zero-order chi connectivity index (χ0) is 19.2. The third kappa shape index (κ3) is 5.89. The van der Waals surface area contributed by atoms with E-state index in [1.165, 1.54) is 30.3 Å². The van der Waals surface area contributed by atoms with Crippen LogP contribution in [-0.4, -0.2) is 40.3 Å². The summed E-state index contributed by atoms with van der Waals surface area (Å²) in [6.07, 6.45) is 1.00. The first kappa shape index (κ1) is 20.0. The number of benzene rings is 2. The van der Waals surface area contributed by atoms with Gasteiger partial charge in [-0.2, -0.15) is 0 Å². The van der Waals surface area contributed by atoms with Gasteiger partial charge in [0.05, 0.1) is 23.5 Å². The van der Waals surface area contributed by atoms with E-state index < -0.39 is 22.5 Å². The van der Waals surface area contributed by atoms with E-state index in [4.69, 9.17) is 16.3 Å². The van der Waals surface area contributed by atoms with Crippen molar-refractivity contribution in [2.75, 3.05) is 30.3 Å². The highest BCUT2D eigenvalue weighted by Crippen LogP contribution is 2.26. The van der Waals surface area contributed by atoms with Crippen molar-refractivity contribution in [2.24, 2.45) is 0 Å². The van der Waals surface area contributed by atoms with Crippen molar-refractivity contribution in [3.63, 3.8) is 0 Å². The van der Waals surface area contributed by atoms with Gasteiger partial charge >= 0.3 is 0 Å². The molecule has 0 radical (unpaired) electrons. The first-order chi connectivity index (χ1) is 12.3. The normalized spacial score (nSPS) is 11.0. The van der Waals surface area contributed by atoms with Gasteiger partial charge in [0.1, 0.15) is 24.7 Å².